The minimum Gasteiger partial charge on any atom is -0.316 e. The number of rotatable bonds is 2. The molecule has 444 valence electrons. The summed E-state index contributed by atoms with van der Waals surface area (Å²) in [5, 5.41) is 14.2. The molecule has 0 bridgehead atoms. The molecule has 12 aliphatic rings. The van der Waals surface area contributed by atoms with Crippen LogP contribution in [0.5, 0.6) is 0 Å². The van der Waals surface area contributed by atoms with E-state index < -0.39 is 0 Å². The fourth-order valence-corrected chi connectivity index (χ4v) is 19.1. The molecule has 17 atom stereocenters. The van der Waals surface area contributed by atoms with Crippen molar-refractivity contribution in [2.45, 2.75) is 277 Å². The zero-order chi connectivity index (χ0) is 55.0. The zero-order valence-electron chi connectivity index (χ0n) is 54.2. The summed E-state index contributed by atoms with van der Waals surface area (Å²) in [4.78, 5) is 0. The van der Waals surface area contributed by atoms with Crippen molar-refractivity contribution in [3.05, 3.63) is 0 Å². The average molecular weight is 1060 g/mol. The van der Waals surface area contributed by atoms with Gasteiger partial charge >= 0.3 is 0 Å². The maximum atomic E-state index is 3.62. The van der Waals surface area contributed by atoms with E-state index in [1.54, 1.807) is 32.1 Å². The zero-order valence-corrected chi connectivity index (χ0v) is 54.2. The smallest absolute Gasteiger partial charge is 0.00987 e. The Morgan fingerprint density at radius 2 is 0.618 bits per heavy atom. The Labute approximate surface area is 476 Å². The van der Waals surface area contributed by atoms with Crippen molar-refractivity contribution in [3.8, 4) is 0 Å². The van der Waals surface area contributed by atoms with Gasteiger partial charge in [0.05, 0.1) is 0 Å². The average Bonchev–Trinajstić information content (AvgIpc) is 4.24. The van der Waals surface area contributed by atoms with E-state index in [2.05, 4.69) is 132 Å². The summed E-state index contributed by atoms with van der Waals surface area (Å²) >= 11 is 0. The lowest BCUT2D eigenvalue weighted by atomic mass is 9.64. The highest BCUT2D eigenvalue weighted by Crippen LogP contribution is 2.52. The van der Waals surface area contributed by atoms with Gasteiger partial charge in [-0.05, 0) is 302 Å². The van der Waals surface area contributed by atoms with Crippen LogP contribution < -0.4 is 21.3 Å². The first-order valence-electron chi connectivity index (χ1n) is 34.7. The van der Waals surface area contributed by atoms with Crippen LogP contribution in [0.3, 0.4) is 0 Å². The first kappa shape index (κ1) is 63.4. The normalized spacial score (nSPS) is 40.8. The number of piperidine rings is 3. The van der Waals surface area contributed by atoms with Crippen molar-refractivity contribution in [2.24, 2.45) is 134 Å². The quantitative estimate of drug-likeness (QED) is 0.223. The van der Waals surface area contributed by atoms with Gasteiger partial charge < -0.3 is 21.3 Å². The second kappa shape index (κ2) is 28.4. The highest BCUT2D eigenvalue weighted by Gasteiger charge is 2.44. The van der Waals surface area contributed by atoms with Crippen LogP contribution in [0.15, 0.2) is 0 Å². The van der Waals surface area contributed by atoms with E-state index in [9.17, 15) is 0 Å². The van der Waals surface area contributed by atoms with E-state index in [1.165, 1.54) is 174 Å². The van der Waals surface area contributed by atoms with E-state index in [4.69, 9.17) is 0 Å². The molecule has 12 rings (SSSR count). The molecule has 8 saturated carbocycles. The van der Waals surface area contributed by atoms with Crippen LogP contribution in [0.2, 0.25) is 0 Å². The lowest BCUT2D eigenvalue weighted by Gasteiger charge is -2.44. The summed E-state index contributed by atoms with van der Waals surface area (Å²) in [7, 11) is 0. The Morgan fingerprint density at radius 1 is 0.276 bits per heavy atom. The summed E-state index contributed by atoms with van der Waals surface area (Å²) < 4.78 is 0. The largest absolute Gasteiger partial charge is 0.316 e. The first-order chi connectivity index (χ1) is 35.8. The maximum Gasteiger partial charge on any atom is 0.00987 e. The Bertz CT molecular complexity index is 1590. The second-order valence-corrected chi connectivity index (χ2v) is 34.7. The van der Waals surface area contributed by atoms with Crippen LogP contribution in [0.4, 0.5) is 0 Å². The number of nitrogens with one attached hydrogen (secondary N) is 4. The van der Waals surface area contributed by atoms with Gasteiger partial charge in [-0.15, -0.1) is 0 Å². The molecule has 0 radical (unpaired) electrons. The third kappa shape index (κ3) is 18.4. The Hall–Kier alpha value is -0.160. The highest BCUT2D eigenvalue weighted by molar-refractivity contribution is 4.97. The van der Waals surface area contributed by atoms with Gasteiger partial charge in [-0.1, -0.05) is 149 Å². The molecule has 4 heteroatoms. The van der Waals surface area contributed by atoms with Gasteiger partial charge in [-0.3, -0.25) is 0 Å². The molecule has 0 amide bonds. The van der Waals surface area contributed by atoms with Crippen LogP contribution in [0.25, 0.3) is 0 Å². The minimum absolute atomic E-state index is 0.534. The van der Waals surface area contributed by atoms with E-state index >= 15 is 0 Å². The molecule has 0 spiro atoms. The predicted molar refractivity (Wildman–Crippen MR) is 333 cm³/mol. The topological polar surface area (TPSA) is 48.1 Å². The molecule has 0 aromatic heterocycles. The lowest BCUT2D eigenvalue weighted by molar-refractivity contribution is 0.0794. The van der Waals surface area contributed by atoms with Crippen molar-refractivity contribution in [2.75, 3.05) is 45.8 Å². The van der Waals surface area contributed by atoms with E-state index in [-0.39, 0.29) is 0 Å². The van der Waals surface area contributed by atoms with Crippen LogP contribution in [-0.2, 0) is 0 Å². The number of hydrogen-bond acceptors (Lipinski definition) is 4. The molecule has 0 aromatic carbocycles. The fraction of sp³-hybridized carbons (Fsp3) is 1.00. The summed E-state index contributed by atoms with van der Waals surface area (Å²) in [5.41, 5.74) is 2.17. The van der Waals surface area contributed by atoms with Gasteiger partial charge in [0.15, 0.2) is 0 Å². The summed E-state index contributed by atoms with van der Waals surface area (Å²) in [6, 6.07) is 0.870. The Morgan fingerprint density at radius 3 is 1.12 bits per heavy atom. The lowest BCUT2D eigenvalue weighted by Crippen LogP contribution is -2.42. The first-order valence-corrected chi connectivity index (χ1v) is 34.7. The summed E-state index contributed by atoms with van der Waals surface area (Å²) in [6.07, 6.45) is 37.4. The molecular formula is C72H136N4. The van der Waals surface area contributed by atoms with Crippen molar-refractivity contribution < 1.29 is 0 Å². The molecule has 12 fully saturated rings. The fourth-order valence-electron chi connectivity index (χ4n) is 19.1. The molecule has 4 heterocycles. The standard InChI is InChI=1S/C13H25N.C13H24.2C12H23N.C11H21N.C11H20/c1-13(2,3)12-5-4-11-9-14-7-6-10(11)8-12;1-13(2,3)12-8-7-10-5-4-6-11(10)9-12;1-12(2,3)11-6-9-4-5-13-8-10(9)7-11;1-9(2)11-4-3-10-5-6-13-8-12(10)7-11;1-11(2,3)9-6-8-4-5-12-10(8)7-9;1-8(2)11-6-9-4-3-5-10(9)7-11/h10-12,14H,4-9H2,1-3H3;10-12H,4-9H2,1-3H3;9-11,13H,4-8H2,1-3H3;9-13H,3-8H2,1-2H3;8-10,12H,4-7H2,1-3H3;8-11H,3-7H2,1-2H3. The Balaban J connectivity index is 0.000000133. The van der Waals surface area contributed by atoms with Gasteiger partial charge in [0, 0.05) is 6.04 Å². The van der Waals surface area contributed by atoms with Gasteiger partial charge in [0.2, 0.25) is 0 Å². The molecule has 4 aliphatic heterocycles. The van der Waals surface area contributed by atoms with Gasteiger partial charge in [0.1, 0.15) is 0 Å². The highest BCUT2D eigenvalue weighted by atomic mass is 15.0. The number of hydrogen-bond donors (Lipinski definition) is 4. The van der Waals surface area contributed by atoms with Gasteiger partial charge in [-0.25, -0.2) is 0 Å². The van der Waals surface area contributed by atoms with E-state index in [0.29, 0.717) is 21.7 Å². The van der Waals surface area contributed by atoms with Gasteiger partial charge in [-0.2, -0.15) is 0 Å². The van der Waals surface area contributed by atoms with Crippen molar-refractivity contribution >= 4 is 0 Å². The van der Waals surface area contributed by atoms with Gasteiger partial charge in [0.25, 0.3) is 0 Å². The molecule has 8 aliphatic carbocycles. The summed E-state index contributed by atoms with van der Waals surface area (Å²) in [6.45, 7) is 47.4. The molecule has 76 heavy (non-hydrogen) atoms. The van der Waals surface area contributed by atoms with Crippen LogP contribution >= 0.6 is 0 Å². The monoisotopic (exact) mass is 1060 g/mol. The molecule has 0 aromatic rings. The van der Waals surface area contributed by atoms with E-state index in [1.807, 2.05) is 0 Å². The summed E-state index contributed by atoms with van der Waals surface area (Å²) in [5.74, 6) is 19.5. The van der Waals surface area contributed by atoms with Crippen LogP contribution in [0.1, 0.15) is 271 Å². The molecule has 4 N–H and O–H groups in total. The maximum absolute atomic E-state index is 3.62. The van der Waals surface area contributed by atoms with E-state index in [0.717, 1.165) is 118 Å². The van der Waals surface area contributed by atoms with Crippen molar-refractivity contribution in [1.82, 2.24) is 21.3 Å². The third-order valence-corrected chi connectivity index (χ3v) is 25.2. The van der Waals surface area contributed by atoms with Crippen LogP contribution in [-0.4, -0.2) is 51.9 Å². The molecule has 4 nitrogen and oxygen atoms in total. The van der Waals surface area contributed by atoms with Crippen molar-refractivity contribution in [3.63, 3.8) is 0 Å². The van der Waals surface area contributed by atoms with Crippen molar-refractivity contribution in [1.29, 1.82) is 0 Å². The minimum atomic E-state index is 0.534. The molecular weight excluding hydrogens is 921 g/mol. The SMILES string of the molecule is CC(C)(C)C1CC2CCNC2C1.CC(C)(C)C1CC2CCNCC2C1.CC(C)(C)C1CCC2CCCC2C1.CC(C)(C)C1CCC2CNCCC2C1.CC(C)C1CC2CCCC2C1.CC(C)C1CCC2CCNCC2C1. The number of fused-ring (bicyclic) bond motifs is 6. The second-order valence-electron chi connectivity index (χ2n) is 34.7. The molecule has 4 saturated heterocycles. The molecule has 17 unspecified atom stereocenters. The third-order valence-electron chi connectivity index (χ3n) is 25.2. The predicted octanol–water partition coefficient (Wildman–Crippen LogP) is 18.5. The van der Waals surface area contributed by atoms with Crippen LogP contribution in [0, 0.1) is 134 Å². The Kier molecular flexibility index (Phi) is 23.7.